The van der Waals surface area contributed by atoms with Crippen molar-refractivity contribution in [2.45, 2.75) is 25.7 Å². The van der Waals surface area contributed by atoms with Crippen LogP contribution in [0.2, 0.25) is 0 Å². The van der Waals surface area contributed by atoms with Crippen molar-refractivity contribution in [2.75, 3.05) is 13.1 Å². The number of carbonyl (C=O) groups excluding carboxylic acids is 1. The fourth-order valence-electron chi connectivity index (χ4n) is 3.59. The highest BCUT2D eigenvalue weighted by molar-refractivity contribution is 7.17. The van der Waals surface area contributed by atoms with Crippen molar-refractivity contribution in [3.8, 4) is 0 Å². The van der Waals surface area contributed by atoms with Crippen LogP contribution in [0.15, 0.2) is 46.7 Å². The van der Waals surface area contributed by atoms with Gasteiger partial charge in [0.05, 0.1) is 10.2 Å². The number of nitrogens with zero attached hydrogens (tertiary/aromatic N) is 1. The average molecular weight is 352 g/mol. The highest BCUT2D eigenvalue weighted by Gasteiger charge is 2.26. The third-order valence-corrected chi connectivity index (χ3v) is 6.17. The summed E-state index contributed by atoms with van der Waals surface area (Å²) in [6.45, 7) is 3.35. The molecule has 0 spiro atoms. The molecule has 5 heteroatoms. The van der Waals surface area contributed by atoms with Gasteiger partial charge in [-0.05, 0) is 42.2 Å². The van der Waals surface area contributed by atoms with Gasteiger partial charge in [-0.1, -0.05) is 30.3 Å². The quantitative estimate of drug-likeness (QED) is 0.760. The second-order valence-corrected chi connectivity index (χ2v) is 7.51. The summed E-state index contributed by atoms with van der Waals surface area (Å²) in [5.74, 6) is 0.340. The Morgan fingerprint density at radius 3 is 2.64 bits per heavy atom. The van der Waals surface area contributed by atoms with Crippen LogP contribution in [-0.4, -0.2) is 28.9 Å². The number of pyridine rings is 1. The highest BCUT2D eigenvalue weighted by Crippen LogP contribution is 2.28. The lowest BCUT2D eigenvalue weighted by Crippen LogP contribution is -2.39. The normalized spacial score (nSPS) is 15.6. The Balaban J connectivity index is 1.53. The number of rotatable bonds is 2. The number of piperidine rings is 1. The Hall–Kier alpha value is -2.40. The molecule has 1 aliphatic heterocycles. The van der Waals surface area contributed by atoms with Crippen LogP contribution in [0.4, 0.5) is 0 Å². The first kappa shape index (κ1) is 16.1. The van der Waals surface area contributed by atoms with E-state index in [1.165, 1.54) is 16.9 Å². The maximum atomic E-state index is 12.8. The summed E-state index contributed by atoms with van der Waals surface area (Å²) in [4.78, 5) is 30.4. The van der Waals surface area contributed by atoms with Gasteiger partial charge in [-0.3, -0.25) is 9.59 Å². The third-order valence-electron chi connectivity index (χ3n) is 5.07. The van der Waals surface area contributed by atoms with E-state index in [1.807, 2.05) is 23.3 Å². The molecule has 128 valence electrons. The zero-order valence-electron chi connectivity index (χ0n) is 14.1. The number of hydrogen-bond donors (Lipinski definition) is 1. The Bertz CT molecular complexity index is 966. The summed E-state index contributed by atoms with van der Waals surface area (Å²) < 4.78 is 0.641. The van der Waals surface area contributed by atoms with Crippen molar-refractivity contribution >= 4 is 27.5 Å². The van der Waals surface area contributed by atoms with E-state index in [0.29, 0.717) is 23.7 Å². The van der Waals surface area contributed by atoms with E-state index < -0.39 is 0 Å². The Morgan fingerprint density at radius 1 is 1.20 bits per heavy atom. The van der Waals surface area contributed by atoms with Gasteiger partial charge in [-0.25, -0.2) is 0 Å². The average Bonchev–Trinajstić information content (AvgIpc) is 3.04. The van der Waals surface area contributed by atoms with Gasteiger partial charge in [0, 0.05) is 19.3 Å². The van der Waals surface area contributed by atoms with Crippen molar-refractivity contribution in [3.63, 3.8) is 0 Å². The van der Waals surface area contributed by atoms with Crippen molar-refractivity contribution in [1.82, 2.24) is 9.88 Å². The molecule has 1 N–H and O–H groups in total. The number of aromatic nitrogens is 1. The minimum atomic E-state index is -0.152. The smallest absolute Gasteiger partial charge is 0.259 e. The van der Waals surface area contributed by atoms with Gasteiger partial charge in [0.2, 0.25) is 5.43 Å². The molecule has 1 amide bonds. The number of H-pyrrole nitrogens is 1. The summed E-state index contributed by atoms with van der Waals surface area (Å²) in [5, 5.41) is 1.95. The van der Waals surface area contributed by atoms with Crippen molar-refractivity contribution in [3.05, 3.63) is 68.8 Å². The predicted octanol–water partition coefficient (Wildman–Crippen LogP) is 3.92. The fourth-order valence-corrected chi connectivity index (χ4v) is 4.56. The predicted molar refractivity (Wildman–Crippen MR) is 102 cm³/mol. The summed E-state index contributed by atoms with van der Waals surface area (Å²) in [7, 11) is 0. The lowest BCUT2D eigenvalue weighted by Gasteiger charge is -2.32. The summed E-state index contributed by atoms with van der Waals surface area (Å²) in [6, 6.07) is 10.5. The summed E-state index contributed by atoms with van der Waals surface area (Å²) >= 11 is 1.40. The van der Waals surface area contributed by atoms with Gasteiger partial charge in [0.15, 0.2) is 0 Å². The van der Waals surface area contributed by atoms with Gasteiger partial charge < -0.3 is 9.88 Å². The molecule has 0 unspecified atom stereocenters. The van der Waals surface area contributed by atoms with Crippen LogP contribution in [0.5, 0.6) is 0 Å². The largest absolute Gasteiger partial charge is 0.359 e. The molecule has 0 bridgehead atoms. The second-order valence-electron chi connectivity index (χ2n) is 6.63. The topological polar surface area (TPSA) is 53.2 Å². The molecule has 1 aliphatic rings. The standard InChI is InChI=1S/C20H20N2O2S/c1-13-12-25-19-17(13)21-11-16(18(19)23)20(24)22-9-7-15(8-10-22)14-5-3-2-4-6-14/h2-6,11-12,15H,7-10H2,1H3,(H,21,23). The number of carbonyl (C=O) groups is 1. The molecule has 4 rings (SSSR count). The minimum absolute atomic E-state index is 0.151. The van der Waals surface area contributed by atoms with E-state index in [1.54, 1.807) is 6.20 Å². The van der Waals surface area contributed by atoms with E-state index in [2.05, 4.69) is 29.2 Å². The number of amides is 1. The Kier molecular flexibility index (Phi) is 4.17. The number of nitrogens with one attached hydrogen (secondary N) is 1. The molecule has 1 saturated heterocycles. The van der Waals surface area contributed by atoms with E-state index in [0.717, 1.165) is 23.9 Å². The van der Waals surface area contributed by atoms with Gasteiger partial charge in [0.1, 0.15) is 5.56 Å². The number of thiophene rings is 1. The molecule has 0 radical (unpaired) electrons. The van der Waals surface area contributed by atoms with Crippen LogP contribution in [-0.2, 0) is 0 Å². The number of aryl methyl sites for hydroxylation is 1. The molecule has 3 aromatic rings. The molecule has 0 atom stereocenters. The van der Waals surface area contributed by atoms with Crippen molar-refractivity contribution in [1.29, 1.82) is 0 Å². The molecule has 25 heavy (non-hydrogen) atoms. The molecule has 4 nitrogen and oxygen atoms in total. The Morgan fingerprint density at radius 2 is 1.92 bits per heavy atom. The second kappa shape index (κ2) is 6.48. The number of aromatic amines is 1. The van der Waals surface area contributed by atoms with Crippen molar-refractivity contribution < 1.29 is 4.79 Å². The maximum Gasteiger partial charge on any atom is 0.259 e. The minimum Gasteiger partial charge on any atom is -0.359 e. The zero-order chi connectivity index (χ0) is 17.4. The van der Waals surface area contributed by atoms with Crippen molar-refractivity contribution in [2.24, 2.45) is 0 Å². The van der Waals surface area contributed by atoms with E-state index in [-0.39, 0.29) is 16.9 Å². The van der Waals surface area contributed by atoms with Crippen LogP contribution in [0, 0.1) is 6.92 Å². The Labute approximate surface area is 150 Å². The lowest BCUT2D eigenvalue weighted by atomic mass is 9.89. The van der Waals surface area contributed by atoms with Crippen LogP contribution in [0.3, 0.4) is 0 Å². The molecular weight excluding hydrogens is 332 g/mol. The van der Waals surface area contributed by atoms with Crippen LogP contribution >= 0.6 is 11.3 Å². The number of benzene rings is 1. The maximum absolute atomic E-state index is 12.8. The van der Waals surface area contributed by atoms with E-state index in [9.17, 15) is 9.59 Å². The molecule has 2 aromatic heterocycles. The first-order chi connectivity index (χ1) is 12.1. The zero-order valence-corrected chi connectivity index (χ0v) is 14.9. The number of hydrogen-bond acceptors (Lipinski definition) is 3. The summed E-state index contributed by atoms with van der Waals surface area (Å²) in [6.07, 6.45) is 3.46. The summed E-state index contributed by atoms with van der Waals surface area (Å²) in [5.41, 5.74) is 3.33. The molecule has 0 aliphatic carbocycles. The lowest BCUT2D eigenvalue weighted by molar-refractivity contribution is 0.0711. The highest BCUT2D eigenvalue weighted by atomic mass is 32.1. The number of likely N-dealkylation sites (tertiary alicyclic amines) is 1. The third kappa shape index (κ3) is 2.89. The first-order valence-corrected chi connectivity index (χ1v) is 9.47. The van der Waals surface area contributed by atoms with Crippen LogP contribution in [0.1, 0.15) is 40.2 Å². The van der Waals surface area contributed by atoms with Gasteiger partial charge in [-0.15, -0.1) is 11.3 Å². The van der Waals surface area contributed by atoms with Crippen LogP contribution < -0.4 is 5.43 Å². The SMILES string of the molecule is Cc1csc2c(=O)c(C(=O)N3CCC(c4ccccc4)CC3)c[nH]c12. The first-order valence-electron chi connectivity index (χ1n) is 8.59. The van der Waals surface area contributed by atoms with E-state index >= 15 is 0 Å². The van der Waals surface area contributed by atoms with Crippen LogP contribution in [0.25, 0.3) is 10.2 Å². The molecule has 1 aromatic carbocycles. The van der Waals surface area contributed by atoms with Gasteiger partial charge in [-0.2, -0.15) is 0 Å². The number of fused-ring (bicyclic) bond motifs is 1. The molecular formula is C20H20N2O2S. The molecule has 3 heterocycles. The fraction of sp³-hybridized carbons (Fsp3) is 0.300. The van der Waals surface area contributed by atoms with Gasteiger partial charge in [0.25, 0.3) is 5.91 Å². The van der Waals surface area contributed by atoms with E-state index in [4.69, 9.17) is 0 Å². The monoisotopic (exact) mass is 352 g/mol. The molecule has 0 saturated carbocycles. The molecule has 1 fully saturated rings. The van der Waals surface area contributed by atoms with Gasteiger partial charge >= 0.3 is 0 Å².